The van der Waals surface area contributed by atoms with Crippen LogP contribution >= 0.6 is 11.6 Å². The molecule has 1 N–H and O–H groups in total. The lowest BCUT2D eigenvalue weighted by atomic mass is 10.1. The van der Waals surface area contributed by atoms with E-state index in [2.05, 4.69) is 5.32 Å². The number of nitrogens with one attached hydrogen (secondary N) is 1. The molecule has 38 heavy (non-hydrogen) atoms. The SMILES string of the molecule is CC[C@H](C(=O)NC)N(Cc1ccccc1Cl)C(=O)CN(c1cc(C)cc(C)c1)S(=O)(=O)c1ccc(C)cc1. The summed E-state index contributed by atoms with van der Waals surface area (Å²) in [6.45, 7) is 6.98. The van der Waals surface area contributed by atoms with Crippen molar-refractivity contribution in [2.24, 2.45) is 0 Å². The van der Waals surface area contributed by atoms with E-state index in [9.17, 15) is 18.0 Å². The van der Waals surface area contributed by atoms with Gasteiger partial charge in [0, 0.05) is 18.6 Å². The van der Waals surface area contributed by atoms with Crippen molar-refractivity contribution in [2.75, 3.05) is 17.9 Å². The topological polar surface area (TPSA) is 86.8 Å². The number of hydrogen-bond donors (Lipinski definition) is 1. The van der Waals surface area contributed by atoms with Crippen LogP contribution in [0.15, 0.2) is 71.6 Å². The molecule has 0 aliphatic heterocycles. The van der Waals surface area contributed by atoms with Crippen LogP contribution in [0.3, 0.4) is 0 Å². The Morgan fingerprint density at radius 2 is 1.53 bits per heavy atom. The van der Waals surface area contributed by atoms with Crippen LogP contribution < -0.4 is 9.62 Å². The number of anilines is 1. The first-order valence-electron chi connectivity index (χ1n) is 12.4. The molecular formula is C29H34ClN3O4S. The first-order chi connectivity index (χ1) is 18.0. The number of sulfonamides is 1. The minimum absolute atomic E-state index is 0.0513. The van der Waals surface area contributed by atoms with Crippen LogP contribution in [0.2, 0.25) is 5.02 Å². The van der Waals surface area contributed by atoms with E-state index >= 15 is 0 Å². The predicted molar refractivity (Wildman–Crippen MR) is 152 cm³/mol. The van der Waals surface area contributed by atoms with Crippen molar-refractivity contribution in [3.8, 4) is 0 Å². The molecule has 2 amide bonds. The van der Waals surface area contributed by atoms with Crippen molar-refractivity contribution in [1.82, 2.24) is 10.2 Å². The second-order valence-corrected chi connectivity index (χ2v) is 11.6. The lowest BCUT2D eigenvalue weighted by molar-refractivity contribution is -0.140. The number of benzene rings is 3. The predicted octanol–water partition coefficient (Wildman–Crippen LogP) is 5.01. The van der Waals surface area contributed by atoms with Gasteiger partial charge in [-0.25, -0.2) is 8.42 Å². The fourth-order valence-corrected chi connectivity index (χ4v) is 5.95. The molecule has 0 unspecified atom stereocenters. The highest BCUT2D eigenvalue weighted by atomic mass is 35.5. The van der Waals surface area contributed by atoms with E-state index in [0.29, 0.717) is 22.7 Å². The van der Waals surface area contributed by atoms with Gasteiger partial charge in [0.05, 0.1) is 10.6 Å². The fourth-order valence-electron chi connectivity index (χ4n) is 4.36. The molecule has 0 saturated carbocycles. The smallest absolute Gasteiger partial charge is 0.264 e. The highest BCUT2D eigenvalue weighted by Gasteiger charge is 2.33. The monoisotopic (exact) mass is 555 g/mol. The van der Waals surface area contributed by atoms with Crippen molar-refractivity contribution in [3.05, 3.63) is 94.0 Å². The van der Waals surface area contributed by atoms with Crippen LogP contribution in [-0.2, 0) is 26.2 Å². The number of likely N-dealkylation sites (N-methyl/N-ethyl adjacent to an activating group) is 1. The average Bonchev–Trinajstić information content (AvgIpc) is 2.87. The van der Waals surface area contributed by atoms with Gasteiger partial charge in [-0.1, -0.05) is 60.5 Å². The zero-order chi connectivity index (χ0) is 28.0. The molecule has 0 aliphatic rings. The normalized spacial score (nSPS) is 12.1. The zero-order valence-electron chi connectivity index (χ0n) is 22.4. The molecule has 0 aromatic heterocycles. The standard InChI is InChI=1S/C29H34ClN3O4S/c1-6-27(29(35)31-5)32(18-23-9-7-8-10-26(23)30)28(34)19-33(24-16-21(3)15-22(4)17-24)38(36,37)25-13-11-20(2)12-14-25/h7-17,27H,6,18-19H2,1-5H3,(H,31,35)/t27-/m1/s1. The molecule has 0 aliphatic carbocycles. The van der Waals surface area contributed by atoms with Crippen LogP contribution in [0.4, 0.5) is 5.69 Å². The van der Waals surface area contributed by atoms with E-state index in [-0.39, 0.29) is 17.3 Å². The quantitative estimate of drug-likeness (QED) is 0.381. The van der Waals surface area contributed by atoms with Gasteiger partial charge < -0.3 is 10.2 Å². The maximum Gasteiger partial charge on any atom is 0.264 e. The van der Waals surface area contributed by atoms with Crippen molar-refractivity contribution in [1.29, 1.82) is 0 Å². The van der Waals surface area contributed by atoms with Gasteiger partial charge in [-0.15, -0.1) is 0 Å². The van der Waals surface area contributed by atoms with Gasteiger partial charge in [-0.05, 0) is 74.2 Å². The lowest BCUT2D eigenvalue weighted by Gasteiger charge is -2.33. The molecule has 3 aromatic carbocycles. The summed E-state index contributed by atoms with van der Waals surface area (Å²) in [7, 11) is -2.61. The zero-order valence-corrected chi connectivity index (χ0v) is 23.9. The van der Waals surface area contributed by atoms with Gasteiger partial charge in [0.2, 0.25) is 11.8 Å². The molecule has 3 rings (SSSR count). The molecule has 7 nitrogen and oxygen atoms in total. The third-order valence-electron chi connectivity index (χ3n) is 6.31. The van der Waals surface area contributed by atoms with E-state index in [1.54, 1.807) is 55.5 Å². The van der Waals surface area contributed by atoms with Crippen LogP contribution in [-0.4, -0.2) is 44.8 Å². The van der Waals surface area contributed by atoms with Crippen molar-refractivity contribution in [2.45, 2.75) is 51.6 Å². The van der Waals surface area contributed by atoms with Gasteiger partial charge in [0.25, 0.3) is 10.0 Å². The minimum atomic E-state index is -4.11. The Morgan fingerprint density at radius 1 is 0.921 bits per heavy atom. The number of aryl methyl sites for hydroxylation is 3. The first kappa shape index (κ1) is 29.2. The summed E-state index contributed by atoms with van der Waals surface area (Å²) in [6.07, 6.45) is 0.337. The fraction of sp³-hybridized carbons (Fsp3) is 0.310. The van der Waals surface area contributed by atoms with E-state index < -0.39 is 28.5 Å². The number of carbonyl (C=O) groups is 2. The number of rotatable bonds is 10. The van der Waals surface area contributed by atoms with Gasteiger partial charge >= 0.3 is 0 Å². The molecule has 0 bridgehead atoms. The Balaban J connectivity index is 2.11. The van der Waals surface area contributed by atoms with Gasteiger partial charge in [0.15, 0.2) is 0 Å². The van der Waals surface area contributed by atoms with Crippen LogP contribution in [0.25, 0.3) is 0 Å². The van der Waals surface area contributed by atoms with E-state index in [0.717, 1.165) is 21.0 Å². The summed E-state index contributed by atoms with van der Waals surface area (Å²) in [6, 6.07) is 18.2. The van der Waals surface area contributed by atoms with Gasteiger partial charge in [-0.3, -0.25) is 13.9 Å². The molecule has 0 saturated heterocycles. The summed E-state index contributed by atoms with van der Waals surface area (Å²) in [5.41, 5.74) is 3.68. The Morgan fingerprint density at radius 3 is 2.08 bits per heavy atom. The third kappa shape index (κ3) is 6.74. The maximum atomic E-state index is 14.0. The molecule has 0 radical (unpaired) electrons. The molecule has 3 aromatic rings. The molecular weight excluding hydrogens is 522 g/mol. The van der Waals surface area contributed by atoms with Crippen LogP contribution in [0.5, 0.6) is 0 Å². The van der Waals surface area contributed by atoms with Gasteiger partial charge in [-0.2, -0.15) is 0 Å². The highest BCUT2D eigenvalue weighted by molar-refractivity contribution is 7.92. The summed E-state index contributed by atoms with van der Waals surface area (Å²) < 4.78 is 29.0. The molecule has 202 valence electrons. The van der Waals surface area contributed by atoms with Crippen LogP contribution in [0.1, 0.15) is 35.6 Å². The summed E-state index contributed by atoms with van der Waals surface area (Å²) in [5.74, 6) is -0.859. The number of nitrogens with zero attached hydrogens (tertiary/aromatic N) is 2. The molecule has 9 heteroatoms. The van der Waals surface area contributed by atoms with Gasteiger partial charge in [0.1, 0.15) is 12.6 Å². The maximum absolute atomic E-state index is 14.0. The Bertz CT molecular complexity index is 1390. The number of halogens is 1. The average molecular weight is 556 g/mol. The Hall–Kier alpha value is -3.36. The van der Waals surface area contributed by atoms with E-state index in [1.165, 1.54) is 24.1 Å². The van der Waals surface area contributed by atoms with Crippen molar-refractivity contribution >= 4 is 39.1 Å². The largest absolute Gasteiger partial charge is 0.357 e. The Kier molecular flexibility index (Phi) is 9.57. The molecule has 1 atom stereocenters. The first-order valence-corrected chi connectivity index (χ1v) is 14.2. The van der Waals surface area contributed by atoms with Crippen molar-refractivity contribution < 1.29 is 18.0 Å². The summed E-state index contributed by atoms with van der Waals surface area (Å²) in [5, 5.41) is 3.07. The molecule has 0 fully saturated rings. The molecule has 0 heterocycles. The van der Waals surface area contributed by atoms with Crippen LogP contribution in [0, 0.1) is 20.8 Å². The second kappa shape index (κ2) is 12.5. The molecule has 0 spiro atoms. The lowest BCUT2D eigenvalue weighted by Crippen LogP contribution is -2.51. The van der Waals surface area contributed by atoms with E-state index in [4.69, 9.17) is 11.6 Å². The van der Waals surface area contributed by atoms with E-state index in [1.807, 2.05) is 26.8 Å². The summed E-state index contributed by atoms with van der Waals surface area (Å²) in [4.78, 5) is 28.2. The summed E-state index contributed by atoms with van der Waals surface area (Å²) >= 11 is 6.39. The second-order valence-electron chi connectivity index (χ2n) is 9.32. The number of carbonyl (C=O) groups excluding carboxylic acids is 2. The minimum Gasteiger partial charge on any atom is -0.357 e. The highest BCUT2D eigenvalue weighted by Crippen LogP contribution is 2.27. The third-order valence-corrected chi connectivity index (χ3v) is 8.47. The number of amides is 2. The van der Waals surface area contributed by atoms with Crippen molar-refractivity contribution in [3.63, 3.8) is 0 Å². The Labute approximate surface area is 230 Å². The number of hydrogen-bond acceptors (Lipinski definition) is 4.